The number of oxazole rings is 1. The van der Waals surface area contributed by atoms with Gasteiger partial charge < -0.3 is 9.32 Å². The van der Waals surface area contributed by atoms with Crippen molar-refractivity contribution in [2.24, 2.45) is 0 Å². The van der Waals surface area contributed by atoms with Gasteiger partial charge in [0.05, 0.1) is 11.9 Å². The molecule has 0 unspecified atom stereocenters. The average molecular weight is 290 g/mol. The zero-order valence-corrected chi connectivity index (χ0v) is 13.3. The molecule has 6 heteroatoms. The predicted octanol–water partition coefficient (Wildman–Crippen LogP) is 2.60. The number of hydrogen-bond acceptors (Lipinski definition) is 4. The second-order valence-electron chi connectivity index (χ2n) is 5.46. The molecule has 0 radical (unpaired) electrons. The van der Waals surface area contributed by atoms with Crippen molar-refractivity contribution in [1.29, 1.82) is 0 Å². The van der Waals surface area contributed by atoms with Crippen LogP contribution in [-0.2, 0) is 13.0 Å². The van der Waals surface area contributed by atoms with Gasteiger partial charge in [0.1, 0.15) is 0 Å². The molecule has 0 bridgehead atoms. The third kappa shape index (κ3) is 3.32. The average Bonchev–Trinajstić information content (AvgIpc) is 3.04. The van der Waals surface area contributed by atoms with Crippen LogP contribution in [0.25, 0.3) is 0 Å². The maximum absolute atomic E-state index is 12.4. The van der Waals surface area contributed by atoms with E-state index in [4.69, 9.17) is 4.42 Å². The van der Waals surface area contributed by atoms with Gasteiger partial charge in [-0.25, -0.2) is 4.98 Å². The molecular formula is C15H22N4O2. The summed E-state index contributed by atoms with van der Waals surface area (Å²) in [4.78, 5) is 18.3. The Morgan fingerprint density at radius 2 is 2.19 bits per heavy atom. The molecule has 0 aliphatic carbocycles. The summed E-state index contributed by atoms with van der Waals surface area (Å²) in [5.41, 5.74) is 1.63. The van der Waals surface area contributed by atoms with Crippen LogP contribution in [0.5, 0.6) is 0 Å². The first-order chi connectivity index (χ1) is 9.92. The second kappa shape index (κ2) is 6.11. The molecule has 114 valence electrons. The first-order valence-electron chi connectivity index (χ1n) is 7.17. The van der Waals surface area contributed by atoms with Crippen LogP contribution in [0.4, 0.5) is 0 Å². The molecule has 0 aliphatic heterocycles. The topological polar surface area (TPSA) is 64.2 Å². The Morgan fingerprint density at radius 1 is 1.48 bits per heavy atom. The lowest BCUT2D eigenvalue weighted by Gasteiger charge is -2.14. The van der Waals surface area contributed by atoms with Crippen molar-refractivity contribution in [3.63, 3.8) is 0 Å². The van der Waals surface area contributed by atoms with Gasteiger partial charge in [-0.05, 0) is 20.8 Å². The van der Waals surface area contributed by atoms with Crippen molar-refractivity contribution in [2.75, 3.05) is 7.05 Å². The van der Waals surface area contributed by atoms with E-state index in [0.717, 1.165) is 5.56 Å². The third-order valence-electron chi connectivity index (χ3n) is 3.29. The van der Waals surface area contributed by atoms with Crippen LogP contribution in [-0.4, -0.2) is 32.6 Å². The molecule has 21 heavy (non-hydrogen) atoms. The van der Waals surface area contributed by atoms with Crippen molar-refractivity contribution in [3.05, 3.63) is 35.3 Å². The van der Waals surface area contributed by atoms with Gasteiger partial charge in [-0.3, -0.25) is 9.48 Å². The zero-order chi connectivity index (χ0) is 15.6. The number of rotatable bonds is 5. The normalized spacial score (nSPS) is 11.1. The SMILES string of the molecule is CCc1nc(C)c(C(=O)N(C)Cc2cnn(C(C)C)c2)o1. The number of hydrogen-bond donors (Lipinski definition) is 0. The van der Waals surface area contributed by atoms with Gasteiger partial charge >= 0.3 is 0 Å². The van der Waals surface area contributed by atoms with E-state index in [0.29, 0.717) is 36.4 Å². The van der Waals surface area contributed by atoms with Gasteiger partial charge in [0, 0.05) is 37.8 Å². The zero-order valence-electron chi connectivity index (χ0n) is 13.3. The first kappa shape index (κ1) is 15.3. The highest BCUT2D eigenvalue weighted by atomic mass is 16.4. The molecule has 0 aromatic carbocycles. The summed E-state index contributed by atoms with van der Waals surface area (Å²) >= 11 is 0. The number of aryl methyl sites for hydroxylation is 2. The molecule has 0 saturated heterocycles. The lowest BCUT2D eigenvalue weighted by atomic mass is 10.3. The van der Waals surface area contributed by atoms with Crippen LogP contribution in [0.1, 0.15) is 54.5 Å². The Balaban J connectivity index is 2.09. The van der Waals surface area contributed by atoms with E-state index in [1.165, 1.54) is 0 Å². The Bertz CT molecular complexity index is 627. The summed E-state index contributed by atoms with van der Waals surface area (Å²) < 4.78 is 7.38. The molecule has 1 amide bonds. The van der Waals surface area contributed by atoms with Crippen molar-refractivity contribution in [2.45, 2.75) is 46.7 Å². The third-order valence-corrected chi connectivity index (χ3v) is 3.29. The highest BCUT2D eigenvalue weighted by molar-refractivity contribution is 5.92. The van der Waals surface area contributed by atoms with Gasteiger partial charge in [0.15, 0.2) is 5.89 Å². The molecule has 0 N–H and O–H groups in total. The highest BCUT2D eigenvalue weighted by Gasteiger charge is 2.21. The monoisotopic (exact) mass is 290 g/mol. The van der Waals surface area contributed by atoms with E-state index in [9.17, 15) is 4.79 Å². The fourth-order valence-electron chi connectivity index (χ4n) is 2.06. The number of carbonyl (C=O) groups excluding carboxylic acids is 1. The van der Waals surface area contributed by atoms with E-state index >= 15 is 0 Å². The van der Waals surface area contributed by atoms with Crippen LogP contribution >= 0.6 is 0 Å². The van der Waals surface area contributed by atoms with Crippen molar-refractivity contribution in [1.82, 2.24) is 19.7 Å². The minimum absolute atomic E-state index is 0.156. The van der Waals surface area contributed by atoms with Gasteiger partial charge in [0.2, 0.25) is 5.76 Å². The van der Waals surface area contributed by atoms with Crippen LogP contribution < -0.4 is 0 Å². The molecule has 0 saturated carbocycles. The summed E-state index contributed by atoms with van der Waals surface area (Å²) in [5, 5.41) is 4.28. The van der Waals surface area contributed by atoms with Gasteiger partial charge in [0.25, 0.3) is 5.91 Å². The maximum atomic E-state index is 12.4. The second-order valence-corrected chi connectivity index (χ2v) is 5.46. The number of amides is 1. The van der Waals surface area contributed by atoms with E-state index in [-0.39, 0.29) is 5.91 Å². The van der Waals surface area contributed by atoms with Gasteiger partial charge in [-0.1, -0.05) is 6.92 Å². The van der Waals surface area contributed by atoms with Gasteiger partial charge in [-0.15, -0.1) is 0 Å². The van der Waals surface area contributed by atoms with Crippen molar-refractivity contribution >= 4 is 5.91 Å². The first-order valence-corrected chi connectivity index (χ1v) is 7.17. The minimum atomic E-state index is -0.156. The maximum Gasteiger partial charge on any atom is 0.291 e. The number of carbonyl (C=O) groups is 1. The molecule has 0 atom stereocenters. The van der Waals surface area contributed by atoms with Gasteiger partial charge in [-0.2, -0.15) is 5.10 Å². The Morgan fingerprint density at radius 3 is 2.71 bits per heavy atom. The van der Waals surface area contributed by atoms with Crippen molar-refractivity contribution in [3.8, 4) is 0 Å². The smallest absolute Gasteiger partial charge is 0.291 e. The van der Waals surface area contributed by atoms with E-state index in [2.05, 4.69) is 23.9 Å². The van der Waals surface area contributed by atoms with E-state index in [1.54, 1.807) is 25.1 Å². The number of aromatic nitrogens is 3. The molecule has 0 aliphatic rings. The molecule has 2 aromatic heterocycles. The quantitative estimate of drug-likeness (QED) is 0.849. The largest absolute Gasteiger partial charge is 0.435 e. The van der Waals surface area contributed by atoms with Crippen molar-refractivity contribution < 1.29 is 9.21 Å². The standard InChI is InChI=1S/C15H22N4O2/c1-6-13-17-11(4)14(21-13)15(20)18(5)8-12-7-16-19(9-12)10(2)3/h7,9-10H,6,8H2,1-5H3. The summed E-state index contributed by atoms with van der Waals surface area (Å²) in [6.45, 7) is 8.36. The van der Waals surface area contributed by atoms with Crippen LogP contribution in [0.2, 0.25) is 0 Å². The molecule has 2 heterocycles. The molecule has 2 rings (SSSR count). The molecule has 2 aromatic rings. The van der Waals surface area contributed by atoms with Crippen LogP contribution in [0.3, 0.4) is 0 Å². The van der Waals surface area contributed by atoms with Crippen LogP contribution in [0, 0.1) is 6.92 Å². The van der Waals surface area contributed by atoms with Crippen LogP contribution in [0.15, 0.2) is 16.8 Å². The minimum Gasteiger partial charge on any atom is -0.435 e. The molecule has 0 fully saturated rings. The predicted molar refractivity (Wildman–Crippen MR) is 79.0 cm³/mol. The summed E-state index contributed by atoms with van der Waals surface area (Å²) in [7, 11) is 1.75. The Labute approximate surface area is 124 Å². The lowest BCUT2D eigenvalue weighted by molar-refractivity contribution is 0.0750. The Hall–Kier alpha value is -2.11. The molecular weight excluding hydrogens is 268 g/mol. The fraction of sp³-hybridized carbons (Fsp3) is 0.533. The number of nitrogens with zero attached hydrogens (tertiary/aromatic N) is 4. The molecule has 0 spiro atoms. The Kier molecular flexibility index (Phi) is 4.45. The van der Waals surface area contributed by atoms with E-state index in [1.807, 2.05) is 17.8 Å². The lowest BCUT2D eigenvalue weighted by Crippen LogP contribution is -2.26. The fourth-order valence-corrected chi connectivity index (χ4v) is 2.06. The summed E-state index contributed by atoms with van der Waals surface area (Å²) in [6.07, 6.45) is 4.42. The highest BCUT2D eigenvalue weighted by Crippen LogP contribution is 2.15. The van der Waals surface area contributed by atoms with E-state index < -0.39 is 0 Å². The molecule has 6 nitrogen and oxygen atoms in total. The summed E-state index contributed by atoms with van der Waals surface area (Å²) in [6, 6.07) is 0.309. The summed E-state index contributed by atoms with van der Waals surface area (Å²) in [5.74, 6) is 0.763.